The zero-order chi connectivity index (χ0) is 14.8. The maximum atomic E-state index is 10.2. The van der Waals surface area contributed by atoms with E-state index in [-0.39, 0.29) is 6.10 Å². The van der Waals surface area contributed by atoms with Crippen LogP contribution in [0.4, 0.5) is 0 Å². The van der Waals surface area contributed by atoms with Crippen LogP contribution in [0.3, 0.4) is 0 Å². The van der Waals surface area contributed by atoms with Crippen molar-refractivity contribution >= 4 is 11.6 Å². The number of halogens is 1. The first kappa shape index (κ1) is 15.3. The van der Waals surface area contributed by atoms with Crippen molar-refractivity contribution in [3.8, 4) is 0 Å². The summed E-state index contributed by atoms with van der Waals surface area (Å²) in [6.45, 7) is 4.30. The van der Waals surface area contributed by atoms with Crippen LogP contribution in [-0.2, 0) is 4.74 Å². The minimum Gasteiger partial charge on any atom is -0.389 e. The Morgan fingerprint density at radius 3 is 2.71 bits per heavy atom. The number of hydrogen-bond acceptors (Lipinski definition) is 3. The number of fused-ring (bicyclic) bond motifs is 2. The molecule has 116 valence electrons. The van der Waals surface area contributed by atoms with Gasteiger partial charge >= 0.3 is 0 Å². The molecule has 0 spiro atoms. The monoisotopic (exact) mass is 309 g/mol. The SMILES string of the molecule is CC(OCC(O)CN1CC2CCC1C2)c1ccc(Cl)cc1. The van der Waals surface area contributed by atoms with Gasteiger partial charge in [-0.2, -0.15) is 0 Å². The van der Waals surface area contributed by atoms with Crippen LogP contribution in [0.2, 0.25) is 5.02 Å². The van der Waals surface area contributed by atoms with Gasteiger partial charge in [-0.25, -0.2) is 0 Å². The molecule has 1 saturated heterocycles. The van der Waals surface area contributed by atoms with Gasteiger partial charge in [0.1, 0.15) is 0 Å². The van der Waals surface area contributed by atoms with Crippen molar-refractivity contribution in [2.24, 2.45) is 5.92 Å². The topological polar surface area (TPSA) is 32.7 Å². The first-order valence-electron chi connectivity index (χ1n) is 7.91. The quantitative estimate of drug-likeness (QED) is 0.875. The van der Waals surface area contributed by atoms with Gasteiger partial charge in [0, 0.05) is 24.2 Å². The molecule has 0 amide bonds. The molecule has 1 heterocycles. The molecule has 4 unspecified atom stereocenters. The van der Waals surface area contributed by atoms with Crippen LogP contribution in [0.1, 0.15) is 37.9 Å². The summed E-state index contributed by atoms with van der Waals surface area (Å²) < 4.78 is 5.80. The van der Waals surface area contributed by atoms with Gasteiger partial charge in [-0.05, 0) is 49.8 Å². The van der Waals surface area contributed by atoms with E-state index in [2.05, 4.69) is 4.90 Å². The van der Waals surface area contributed by atoms with Gasteiger partial charge in [-0.15, -0.1) is 0 Å². The van der Waals surface area contributed by atoms with Crippen LogP contribution in [0.15, 0.2) is 24.3 Å². The van der Waals surface area contributed by atoms with Gasteiger partial charge in [-0.1, -0.05) is 23.7 Å². The number of β-amino-alcohol motifs (C(OH)–C–C–N with tert-alkyl or cyclic N) is 1. The number of ether oxygens (including phenoxy) is 1. The van der Waals surface area contributed by atoms with Gasteiger partial charge in [0.05, 0.1) is 18.8 Å². The van der Waals surface area contributed by atoms with Crippen molar-refractivity contribution in [3.63, 3.8) is 0 Å². The van der Waals surface area contributed by atoms with Crippen molar-refractivity contribution in [1.29, 1.82) is 0 Å². The standard InChI is InChI=1S/C17H24ClNO2/c1-12(14-3-5-15(18)6-4-14)21-11-17(20)10-19-9-13-2-7-16(19)8-13/h3-6,12-13,16-17,20H,2,7-11H2,1H3. The summed E-state index contributed by atoms with van der Waals surface area (Å²) in [4.78, 5) is 2.44. The van der Waals surface area contributed by atoms with Crippen LogP contribution in [0.5, 0.6) is 0 Å². The van der Waals surface area contributed by atoms with Gasteiger partial charge in [0.25, 0.3) is 0 Å². The summed E-state index contributed by atoms with van der Waals surface area (Å²) in [5.74, 6) is 0.871. The van der Waals surface area contributed by atoms with E-state index in [1.807, 2.05) is 31.2 Å². The second-order valence-corrected chi connectivity index (χ2v) is 6.90. The maximum Gasteiger partial charge on any atom is 0.0900 e. The Labute approximate surface area is 131 Å². The van der Waals surface area contributed by atoms with E-state index < -0.39 is 6.10 Å². The molecule has 2 fully saturated rings. The van der Waals surface area contributed by atoms with Gasteiger partial charge in [0.2, 0.25) is 0 Å². The average molecular weight is 310 g/mol. The number of hydrogen-bond donors (Lipinski definition) is 1. The van der Waals surface area contributed by atoms with E-state index >= 15 is 0 Å². The third-order valence-electron chi connectivity index (χ3n) is 4.85. The lowest BCUT2D eigenvalue weighted by atomic mass is 10.1. The fourth-order valence-electron chi connectivity index (χ4n) is 3.66. The van der Waals surface area contributed by atoms with Crippen LogP contribution in [0, 0.1) is 5.92 Å². The van der Waals surface area contributed by atoms with Crippen molar-refractivity contribution in [2.45, 2.75) is 44.4 Å². The Bertz CT molecular complexity index is 464. The Hall–Kier alpha value is -0.610. The van der Waals surface area contributed by atoms with E-state index in [9.17, 15) is 5.11 Å². The van der Waals surface area contributed by atoms with Crippen molar-refractivity contribution in [1.82, 2.24) is 4.90 Å². The van der Waals surface area contributed by atoms with Crippen molar-refractivity contribution < 1.29 is 9.84 Å². The average Bonchev–Trinajstić information content (AvgIpc) is 3.08. The maximum absolute atomic E-state index is 10.2. The summed E-state index contributed by atoms with van der Waals surface area (Å²) in [5, 5.41) is 10.9. The highest BCUT2D eigenvalue weighted by molar-refractivity contribution is 6.30. The van der Waals surface area contributed by atoms with Gasteiger partial charge in [0.15, 0.2) is 0 Å². The largest absolute Gasteiger partial charge is 0.389 e. The van der Waals surface area contributed by atoms with E-state index in [1.165, 1.54) is 19.3 Å². The molecule has 21 heavy (non-hydrogen) atoms. The first-order valence-corrected chi connectivity index (χ1v) is 8.29. The molecule has 2 aliphatic rings. The van der Waals surface area contributed by atoms with E-state index in [1.54, 1.807) is 0 Å². The number of piperidine rings is 1. The highest BCUT2D eigenvalue weighted by atomic mass is 35.5. The van der Waals surface area contributed by atoms with Crippen LogP contribution in [0.25, 0.3) is 0 Å². The number of benzene rings is 1. The molecule has 3 nitrogen and oxygen atoms in total. The predicted molar refractivity (Wildman–Crippen MR) is 84.5 cm³/mol. The Kier molecular flexibility index (Phi) is 4.85. The number of aliphatic hydroxyl groups is 1. The zero-order valence-corrected chi connectivity index (χ0v) is 13.3. The highest BCUT2D eigenvalue weighted by Gasteiger charge is 2.38. The summed E-state index contributed by atoms with van der Waals surface area (Å²) in [7, 11) is 0. The summed E-state index contributed by atoms with van der Waals surface area (Å²) in [6.07, 6.45) is 3.58. The number of aliphatic hydroxyl groups excluding tert-OH is 1. The number of rotatable bonds is 6. The minimum absolute atomic E-state index is 0.0213. The lowest BCUT2D eigenvalue weighted by molar-refractivity contribution is -0.0190. The Balaban J connectivity index is 1.43. The third kappa shape index (κ3) is 3.78. The van der Waals surface area contributed by atoms with Crippen LogP contribution < -0.4 is 0 Å². The highest BCUT2D eigenvalue weighted by Crippen LogP contribution is 2.37. The molecule has 1 aromatic rings. The molecule has 1 aromatic carbocycles. The molecule has 0 radical (unpaired) electrons. The zero-order valence-electron chi connectivity index (χ0n) is 12.5. The molecule has 3 rings (SSSR count). The fourth-order valence-corrected chi connectivity index (χ4v) is 3.79. The summed E-state index contributed by atoms with van der Waals surface area (Å²) in [6, 6.07) is 8.39. The molecule has 1 aliphatic carbocycles. The Morgan fingerprint density at radius 2 is 2.10 bits per heavy atom. The lowest BCUT2D eigenvalue weighted by Gasteiger charge is -2.29. The molecule has 2 bridgehead atoms. The van der Waals surface area contributed by atoms with Gasteiger partial charge in [-0.3, -0.25) is 4.90 Å². The molecule has 0 aromatic heterocycles. The lowest BCUT2D eigenvalue weighted by Crippen LogP contribution is -2.39. The summed E-state index contributed by atoms with van der Waals surface area (Å²) in [5.41, 5.74) is 1.09. The van der Waals surface area contributed by atoms with Gasteiger partial charge < -0.3 is 9.84 Å². The second kappa shape index (κ2) is 6.66. The fraction of sp³-hybridized carbons (Fsp3) is 0.647. The third-order valence-corrected chi connectivity index (χ3v) is 5.10. The molecule has 1 aliphatic heterocycles. The molecule has 4 heteroatoms. The van der Waals surface area contributed by atoms with E-state index in [0.717, 1.165) is 29.6 Å². The van der Waals surface area contributed by atoms with E-state index in [0.29, 0.717) is 12.6 Å². The molecular formula is C17H24ClNO2. The second-order valence-electron chi connectivity index (χ2n) is 6.47. The normalized spacial score (nSPS) is 28.0. The first-order chi connectivity index (χ1) is 10.1. The summed E-state index contributed by atoms with van der Waals surface area (Å²) >= 11 is 5.88. The molecule has 1 N–H and O–H groups in total. The van der Waals surface area contributed by atoms with Crippen molar-refractivity contribution in [2.75, 3.05) is 19.7 Å². The number of likely N-dealkylation sites (tertiary alicyclic amines) is 1. The van der Waals surface area contributed by atoms with Crippen molar-refractivity contribution in [3.05, 3.63) is 34.9 Å². The number of nitrogens with zero attached hydrogens (tertiary/aromatic N) is 1. The smallest absolute Gasteiger partial charge is 0.0900 e. The van der Waals surface area contributed by atoms with Crippen LogP contribution >= 0.6 is 11.6 Å². The van der Waals surface area contributed by atoms with Crippen LogP contribution in [-0.4, -0.2) is 41.8 Å². The predicted octanol–water partition coefficient (Wildman–Crippen LogP) is 3.26. The Morgan fingerprint density at radius 1 is 1.33 bits per heavy atom. The molecule has 1 saturated carbocycles. The molecule has 4 atom stereocenters. The van der Waals surface area contributed by atoms with E-state index in [4.69, 9.17) is 16.3 Å². The molecular weight excluding hydrogens is 286 g/mol. The minimum atomic E-state index is -0.404.